The van der Waals surface area contributed by atoms with Gasteiger partial charge in [-0.15, -0.1) is 0 Å². The van der Waals surface area contributed by atoms with E-state index >= 15 is 0 Å². The molecule has 2 nitrogen and oxygen atoms in total. The minimum Gasteiger partial charge on any atom is -0.396 e. The molecule has 0 radical (unpaired) electrons. The van der Waals surface area contributed by atoms with E-state index in [-0.39, 0.29) is 12.5 Å². The van der Waals surface area contributed by atoms with Gasteiger partial charge in [0.25, 0.3) is 0 Å². The van der Waals surface area contributed by atoms with Crippen molar-refractivity contribution in [1.29, 1.82) is 0 Å². The molecule has 2 aromatic rings. The number of aliphatic hydroxyl groups excluding tert-OH is 1. The third-order valence-electron chi connectivity index (χ3n) is 4.94. The highest BCUT2D eigenvalue weighted by molar-refractivity contribution is 5.76. The normalized spacial score (nSPS) is 15.2. The predicted molar refractivity (Wildman–Crippen MR) is 97.5 cm³/mol. The molecule has 3 rings (SSSR count). The maximum Gasteiger partial charge on any atom is 0.0468 e. The summed E-state index contributed by atoms with van der Waals surface area (Å²) in [6.45, 7) is 5.70. The van der Waals surface area contributed by atoms with Crippen LogP contribution in [0.25, 0.3) is 0 Å². The summed E-state index contributed by atoms with van der Waals surface area (Å²) in [6.07, 6.45) is 3.27. The third kappa shape index (κ3) is 2.88. The first-order chi connectivity index (χ1) is 11.3. The maximum atomic E-state index is 10.0. The van der Waals surface area contributed by atoms with Gasteiger partial charge < -0.3 is 10.0 Å². The zero-order valence-electron chi connectivity index (χ0n) is 14.2. The molecular formula is C21H27NO. The number of anilines is 2. The zero-order valence-corrected chi connectivity index (χ0v) is 14.2. The van der Waals surface area contributed by atoms with Crippen molar-refractivity contribution in [3.63, 3.8) is 0 Å². The van der Waals surface area contributed by atoms with E-state index in [2.05, 4.69) is 67.3 Å². The Morgan fingerprint density at radius 1 is 0.913 bits per heavy atom. The molecule has 2 heteroatoms. The third-order valence-corrected chi connectivity index (χ3v) is 4.94. The zero-order chi connectivity index (χ0) is 16.2. The minimum absolute atomic E-state index is 0.245. The summed E-state index contributed by atoms with van der Waals surface area (Å²) in [5.41, 5.74) is 5.36. The van der Waals surface area contributed by atoms with Gasteiger partial charge in [-0.05, 0) is 42.0 Å². The molecule has 0 aliphatic carbocycles. The highest BCUT2D eigenvalue weighted by Crippen LogP contribution is 2.49. The van der Waals surface area contributed by atoms with Gasteiger partial charge in [0.05, 0.1) is 0 Å². The highest BCUT2D eigenvalue weighted by Gasteiger charge is 2.33. The lowest BCUT2D eigenvalue weighted by Crippen LogP contribution is -2.30. The van der Waals surface area contributed by atoms with Gasteiger partial charge in [0.2, 0.25) is 0 Å². The van der Waals surface area contributed by atoms with Crippen molar-refractivity contribution in [2.24, 2.45) is 5.92 Å². The second-order valence-electron chi connectivity index (χ2n) is 6.48. The van der Waals surface area contributed by atoms with Crippen LogP contribution in [0.1, 0.15) is 50.2 Å². The van der Waals surface area contributed by atoms with Gasteiger partial charge in [0, 0.05) is 30.4 Å². The SMILES string of the molecule is CCC[C@@H](CO)C1c2ccccc2N(CCC)c2ccccc21. The Morgan fingerprint density at radius 2 is 1.48 bits per heavy atom. The number of rotatable bonds is 6. The first kappa shape index (κ1) is 16.1. The number of aliphatic hydroxyl groups is 1. The van der Waals surface area contributed by atoms with Crippen molar-refractivity contribution in [2.45, 2.75) is 39.0 Å². The highest BCUT2D eigenvalue weighted by atomic mass is 16.3. The Labute approximate surface area is 139 Å². The smallest absolute Gasteiger partial charge is 0.0468 e. The van der Waals surface area contributed by atoms with Crippen LogP contribution in [0.2, 0.25) is 0 Å². The predicted octanol–water partition coefficient (Wildman–Crippen LogP) is 5.09. The van der Waals surface area contributed by atoms with Crippen LogP contribution in [0.4, 0.5) is 11.4 Å². The van der Waals surface area contributed by atoms with Gasteiger partial charge in [-0.1, -0.05) is 56.7 Å². The Kier molecular flexibility index (Phi) is 5.02. The Balaban J connectivity index is 2.16. The van der Waals surface area contributed by atoms with Gasteiger partial charge in [-0.3, -0.25) is 0 Å². The second kappa shape index (κ2) is 7.18. The monoisotopic (exact) mass is 309 g/mol. The summed E-state index contributed by atoms with van der Waals surface area (Å²) in [6, 6.07) is 17.5. The van der Waals surface area contributed by atoms with Crippen molar-refractivity contribution in [2.75, 3.05) is 18.1 Å². The molecule has 1 aliphatic heterocycles. The molecule has 23 heavy (non-hydrogen) atoms. The average molecular weight is 309 g/mol. The summed E-state index contributed by atoms with van der Waals surface area (Å²) < 4.78 is 0. The molecule has 0 fully saturated rings. The molecule has 1 N–H and O–H groups in total. The largest absolute Gasteiger partial charge is 0.396 e. The molecule has 0 unspecified atom stereocenters. The van der Waals surface area contributed by atoms with Crippen LogP contribution in [0, 0.1) is 5.92 Å². The Hall–Kier alpha value is -1.80. The second-order valence-corrected chi connectivity index (χ2v) is 6.48. The van der Waals surface area contributed by atoms with Gasteiger partial charge in [-0.25, -0.2) is 0 Å². The van der Waals surface area contributed by atoms with Crippen LogP contribution < -0.4 is 4.90 Å². The average Bonchev–Trinajstić information content (AvgIpc) is 2.60. The van der Waals surface area contributed by atoms with Crippen LogP contribution in [0.15, 0.2) is 48.5 Å². The molecule has 122 valence electrons. The summed E-state index contributed by atoms with van der Waals surface area (Å²) in [7, 11) is 0. The standard InChI is InChI=1S/C21H27NO/c1-3-9-16(15-23)21-17-10-5-7-12-19(17)22(14-4-2)20-13-8-6-11-18(20)21/h5-8,10-13,16,21,23H,3-4,9,14-15H2,1-2H3/t16-/m0/s1. The summed E-state index contributed by atoms with van der Waals surface area (Å²) in [5.74, 6) is 0.575. The lowest BCUT2D eigenvalue weighted by molar-refractivity contribution is 0.204. The lowest BCUT2D eigenvalue weighted by atomic mass is 9.75. The first-order valence-electron chi connectivity index (χ1n) is 8.88. The van der Waals surface area contributed by atoms with Gasteiger partial charge in [0.1, 0.15) is 0 Å². The van der Waals surface area contributed by atoms with Crippen LogP contribution in [0.3, 0.4) is 0 Å². The summed E-state index contributed by atoms with van der Waals surface area (Å²) in [4.78, 5) is 2.45. The minimum atomic E-state index is 0.245. The van der Waals surface area contributed by atoms with Crippen molar-refractivity contribution in [3.05, 3.63) is 59.7 Å². The van der Waals surface area contributed by atoms with E-state index in [4.69, 9.17) is 0 Å². The van der Waals surface area contributed by atoms with E-state index < -0.39 is 0 Å². The van der Waals surface area contributed by atoms with E-state index in [1.54, 1.807) is 0 Å². The van der Waals surface area contributed by atoms with Crippen molar-refractivity contribution < 1.29 is 5.11 Å². The van der Waals surface area contributed by atoms with Gasteiger partial charge in [-0.2, -0.15) is 0 Å². The van der Waals surface area contributed by atoms with Crippen LogP contribution in [-0.2, 0) is 0 Å². The molecule has 0 bridgehead atoms. The molecule has 1 aliphatic rings. The fraction of sp³-hybridized carbons (Fsp3) is 0.429. The van der Waals surface area contributed by atoms with E-state index in [9.17, 15) is 5.11 Å². The van der Waals surface area contributed by atoms with Crippen LogP contribution in [0.5, 0.6) is 0 Å². The molecule has 1 atom stereocenters. The molecule has 0 saturated carbocycles. The molecule has 2 aromatic carbocycles. The van der Waals surface area contributed by atoms with E-state index in [0.717, 1.165) is 25.8 Å². The number of hydrogen-bond donors (Lipinski definition) is 1. The molecule has 1 heterocycles. The molecular weight excluding hydrogens is 282 g/mol. The molecule has 0 saturated heterocycles. The van der Waals surface area contributed by atoms with Crippen LogP contribution >= 0.6 is 0 Å². The van der Waals surface area contributed by atoms with Crippen molar-refractivity contribution in [3.8, 4) is 0 Å². The van der Waals surface area contributed by atoms with E-state index in [1.807, 2.05) is 0 Å². The van der Waals surface area contributed by atoms with Crippen molar-refractivity contribution >= 4 is 11.4 Å². The summed E-state index contributed by atoms with van der Waals surface area (Å²) in [5, 5.41) is 10.0. The van der Waals surface area contributed by atoms with E-state index in [0.29, 0.717) is 5.92 Å². The number of fused-ring (bicyclic) bond motifs is 2. The summed E-state index contributed by atoms with van der Waals surface area (Å²) >= 11 is 0. The fourth-order valence-corrected chi connectivity index (χ4v) is 4.00. The molecule has 0 amide bonds. The Bertz CT molecular complexity index is 604. The number of benzene rings is 2. The number of hydrogen-bond acceptors (Lipinski definition) is 2. The lowest BCUT2D eigenvalue weighted by Gasteiger charge is -2.40. The topological polar surface area (TPSA) is 23.5 Å². The first-order valence-corrected chi connectivity index (χ1v) is 8.88. The molecule has 0 aromatic heterocycles. The molecule has 0 spiro atoms. The number of para-hydroxylation sites is 2. The van der Waals surface area contributed by atoms with Gasteiger partial charge >= 0.3 is 0 Å². The number of nitrogens with zero attached hydrogens (tertiary/aromatic N) is 1. The van der Waals surface area contributed by atoms with E-state index in [1.165, 1.54) is 22.5 Å². The van der Waals surface area contributed by atoms with Gasteiger partial charge in [0.15, 0.2) is 0 Å². The fourth-order valence-electron chi connectivity index (χ4n) is 4.00. The quantitative estimate of drug-likeness (QED) is 0.803. The van der Waals surface area contributed by atoms with Crippen molar-refractivity contribution in [1.82, 2.24) is 0 Å². The maximum absolute atomic E-state index is 10.0. The van der Waals surface area contributed by atoms with Crippen LogP contribution in [-0.4, -0.2) is 18.3 Å². The Morgan fingerprint density at radius 3 is 1.96 bits per heavy atom.